The molecular formula is C12H20N2O2. The van der Waals surface area contributed by atoms with Crippen LogP contribution in [-0.4, -0.2) is 34.3 Å². The third kappa shape index (κ3) is 1.35. The van der Waals surface area contributed by atoms with Gasteiger partial charge in [-0.2, -0.15) is 0 Å². The second-order valence-electron chi connectivity index (χ2n) is 5.54. The first-order valence-corrected chi connectivity index (χ1v) is 5.98. The molecule has 1 aliphatic heterocycles. The number of piperazine rings is 1. The lowest BCUT2D eigenvalue weighted by Gasteiger charge is -2.48. The Bertz CT molecular complexity index is 347. The van der Waals surface area contributed by atoms with Gasteiger partial charge >= 0.3 is 0 Å². The van der Waals surface area contributed by atoms with Gasteiger partial charge in [-0.15, -0.1) is 0 Å². The maximum atomic E-state index is 12.4. The predicted octanol–water partition coefficient (Wildman–Crippen LogP) is 0.912. The number of hydrogen-bond acceptors (Lipinski definition) is 2. The molecule has 2 rings (SSSR count). The summed E-state index contributed by atoms with van der Waals surface area (Å²) < 4.78 is 0. The van der Waals surface area contributed by atoms with Gasteiger partial charge in [0.1, 0.15) is 11.1 Å². The molecule has 1 N–H and O–H groups in total. The fourth-order valence-electron chi connectivity index (χ4n) is 2.58. The lowest BCUT2D eigenvalue weighted by atomic mass is 9.85. The molecule has 2 aliphatic rings. The molecule has 2 fully saturated rings. The molecule has 1 aliphatic carbocycles. The number of carbonyl (C=O) groups is 2. The SMILES string of the molecule is CCN1C(=O)C(C)(C2CC2)NC(=O)C1(C)C. The highest BCUT2D eigenvalue weighted by atomic mass is 16.2. The van der Waals surface area contributed by atoms with E-state index in [0.29, 0.717) is 12.5 Å². The van der Waals surface area contributed by atoms with Crippen LogP contribution in [-0.2, 0) is 9.59 Å². The predicted molar refractivity (Wildman–Crippen MR) is 60.7 cm³/mol. The van der Waals surface area contributed by atoms with Crippen molar-refractivity contribution in [1.29, 1.82) is 0 Å². The third-order valence-corrected chi connectivity index (χ3v) is 4.00. The molecule has 1 heterocycles. The lowest BCUT2D eigenvalue weighted by molar-refractivity contribution is -0.161. The summed E-state index contributed by atoms with van der Waals surface area (Å²) in [6.07, 6.45) is 2.08. The molecule has 2 amide bonds. The van der Waals surface area contributed by atoms with Crippen molar-refractivity contribution in [3.63, 3.8) is 0 Å². The van der Waals surface area contributed by atoms with Crippen molar-refractivity contribution >= 4 is 11.8 Å². The van der Waals surface area contributed by atoms with Crippen molar-refractivity contribution in [3.05, 3.63) is 0 Å². The van der Waals surface area contributed by atoms with Crippen LogP contribution in [0, 0.1) is 5.92 Å². The molecule has 16 heavy (non-hydrogen) atoms. The van der Waals surface area contributed by atoms with E-state index in [1.165, 1.54) is 0 Å². The van der Waals surface area contributed by atoms with Crippen molar-refractivity contribution in [1.82, 2.24) is 10.2 Å². The van der Waals surface area contributed by atoms with Gasteiger partial charge in [-0.1, -0.05) is 0 Å². The van der Waals surface area contributed by atoms with Gasteiger partial charge in [0.25, 0.3) is 0 Å². The monoisotopic (exact) mass is 224 g/mol. The highest BCUT2D eigenvalue weighted by Crippen LogP contribution is 2.43. The zero-order valence-electron chi connectivity index (χ0n) is 10.5. The highest BCUT2D eigenvalue weighted by molar-refractivity contribution is 6.02. The first-order valence-electron chi connectivity index (χ1n) is 5.98. The first kappa shape index (κ1) is 11.4. The number of nitrogens with one attached hydrogen (secondary N) is 1. The summed E-state index contributed by atoms with van der Waals surface area (Å²) in [7, 11) is 0. The van der Waals surface area contributed by atoms with E-state index in [1.807, 2.05) is 13.8 Å². The zero-order valence-corrected chi connectivity index (χ0v) is 10.5. The van der Waals surface area contributed by atoms with Gasteiger partial charge in [0.2, 0.25) is 11.8 Å². The Labute approximate surface area is 96.4 Å². The minimum atomic E-state index is -0.722. The number of amides is 2. The van der Waals surface area contributed by atoms with E-state index >= 15 is 0 Å². The quantitative estimate of drug-likeness (QED) is 0.758. The Morgan fingerprint density at radius 3 is 2.31 bits per heavy atom. The van der Waals surface area contributed by atoms with Gasteiger partial charge in [0, 0.05) is 6.54 Å². The van der Waals surface area contributed by atoms with Crippen molar-refractivity contribution < 1.29 is 9.59 Å². The summed E-state index contributed by atoms with van der Waals surface area (Å²) in [5.74, 6) is 0.361. The van der Waals surface area contributed by atoms with E-state index in [1.54, 1.807) is 18.7 Å². The van der Waals surface area contributed by atoms with Crippen molar-refractivity contribution in [2.24, 2.45) is 5.92 Å². The number of nitrogens with zero attached hydrogens (tertiary/aromatic N) is 1. The van der Waals surface area contributed by atoms with E-state index in [2.05, 4.69) is 5.32 Å². The molecule has 4 nitrogen and oxygen atoms in total. The Morgan fingerprint density at radius 2 is 1.88 bits per heavy atom. The molecule has 1 atom stereocenters. The average molecular weight is 224 g/mol. The van der Waals surface area contributed by atoms with Crippen LogP contribution in [0.15, 0.2) is 0 Å². The summed E-state index contributed by atoms with van der Waals surface area (Å²) >= 11 is 0. The van der Waals surface area contributed by atoms with Crippen LogP contribution >= 0.6 is 0 Å². The van der Waals surface area contributed by atoms with Gasteiger partial charge in [-0.05, 0) is 46.5 Å². The van der Waals surface area contributed by atoms with E-state index in [9.17, 15) is 9.59 Å². The van der Waals surface area contributed by atoms with Gasteiger partial charge in [-0.3, -0.25) is 9.59 Å². The summed E-state index contributed by atoms with van der Waals surface area (Å²) in [6, 6.07) is 0. The van der Waals surface area contributed by atoms with E-state index in [-0.39, 0.29) is 11.8 Å². The van der Waals surface area contributed by atoms with Crippen LogP contribution in [0.3, 0.4) is 0 Å². The molecule has 0 bridgehead atoms. The molecule has 0 spiro atoms. The molecule has 1 saturated heterocycles. The minimum Gasteiger partial charge on any atom is -0.340 e. The number of rotatable bonds is 2. The summed E-state index contributed by atoms with van der Waals surface area (Å²) in [4.78, 5) is 26.2. The minimum absolute atomic E-state index is 0.0386. The van der Waals surface area contributed by atoms with Gasteiger partial charge < -0.3 is 10.2 Å². The molecule has 0 aromatic heterocycles. The normalized spacial score (nSPS) is 33.9. The van der Waals surface area contributed by atoms with Gasteiger partial charge in [0.15, 0.2) is 0 Å². The largest absolute Gasteiger partial charge is 0.340 e. The molecule has 4 heteroatoms. The van der Waals surface area contributed by atoms with Gasteiger partial charge in [-0.25, -0.2) is 0 Å². The third-order valence-electron chi connectivity index (χ3n) is 4.00. The molecule has 1 unspecified atom stereocenters. The highest BCUT2D eigenvalue weighted by Gasteiger charge is 2.57. The Kier molecular flexibility index (Phi) is 2.30. The molecule has 0 aromatic carbocycles. The van der Waals surface area contributed by atoms with Crippen LogP contribution in [0.1, 0.15) is 40.5 Å². The van der Waals surface area contributed by atoms with E-state index < -0.39 is 11.1 Å². The van der Waals surface area contributed by atoms with Crippen LogP contribution < -0.4 is 5.32 Å². The van der Waals surface area contributed by atoms with E-state index in [4.69, 9.17) is 0 Å². The Hall–Kier alpha value is -1.06. The fraction of sp³-hybridized carbons (Fsp3) is 0.833. The second kappa shape index (κ2) is 3.22. The average Bonchev–Trinajstić information content (AvgIpc) is 2.99. The Morgan fingerprint density at radius 1 is 1.31 bits per heavy atom. The number of hydrogen-bond donors (Lipinski definition) is 1. The maximum Gasteiger partial charge on any atom is 0.249 e. The van der Waals surface area contributed by atoms with Crippen LogP contribution in [0.25, 0.3) is 0 Å². The van der Waals surface area contributed by atoms with Crippen LogP contribution in [0.4, 0.5) is 0 Å². The van der Waals surface area contributed by atoms with Gasteiger partial charge in [0.05, 0.1) is 0 Å². The number of carbonyl (C=O) groups excluding carboxylic acids is 2. The number of likely N-dealkylation sites (N-methyl/N-ethyl adjacent to an activating group) is 1. The van der Waals surface area contributed by atoms with Crippen LogP contribution in [0.2, 0.25) is 0 Å². The summed E-state index contributed by atoms with van der Waals surface area (Å²) in [6.45, 7) is 7.97. The van der Waals surface area contributed by atoms with Crippen molar-refractivity contribution in [2.45, 2.75) is 51.6 Å². The molecule has 90 valence electrons. The van der Waals surface area contributed by atoms with Crippen LogP contribution in [0.5, 0.6) is 0 Å². The van der Waals surface area contributed by atoms with E-state index in [0.717, 1.165) is 12.8 Å². The molecule has 0 aromatic rings. The van der Waals surface area contributed by atoms with Crippen molar-refractivity contribution in [2.75, 3.05) is 6.54 Å². The zero-order chi connectivity index (χ0) is 12.1. The van der Waals surface area contributed by atoms with Crippen molar-refractivity contribution in [3.8, 4) is 0 Å². The molecule has 0 radical (unpaired) electrons. The topological polar surface area (TPSA) is 49.4 Å². The Balaban J connectivity index is 2.35. The second-order valence-corrected chi connectivity index (χ2v) is 5.54. The first-order chi connectivity index (χ1) is 7.34. The molecular weight excluding hydrogens is 204 g/mol. The molecule has 1 saturated carbocycles. The summed E-state index contributed by atoms with van der Waals surface area (Å²) in [5, 5.41) is 2.93. The summed E-state index contributed by atoms with van der Waals surface area (Å²) in [5.41, 5.74) is -1.39. The standard InChI is InChI=1S/C12H20N2O2/c1-5-14-10(16)12(4,8-6-7-8)13-9(15)11(14,2)3/h8H,5-7H2,1-4H3,(H,13,15). The lowest BCUT2D eigenvalue weighted by Crippen LogP contribution is -2.73. The fourth-order valence-corrected chi connectivity index (χ4v) is 2.58. The maximum absolute atomic E-state index is 12.4. The smallest absolute Gasteiger partial charge is 0.249 e.